The minimum absolute atomic E-state index is 0.640. The summed E-state index contributed by atoms with van der Waals surface area (Å²) in [7, 11) is 0. The Labute approximate surface area is 209 Å². The third-order valence-electron chi connectivity index (χ3n) is 5.86. The second kappa shape index (κ2) is 9.57. The normalized spacial score (nSPS) is 13.9. The van der Waals surface area contributed by atoms with Crippen LogP contribution in [-0.4, -0.2) is 46.1 Å². The molecule has 1 fully saturated rings. The zero-order valence-corrected chi connectivity index (χ0v) is 20.6. The van der Waals surface area contributed by atoms with E-state index in [1.807, 2.05) is 74.6 Å². The third kappa shape index (κ3) is 4.69. The lowest BCUT2D eigenvalue weighted by atomic mass is 10.0. The molecule has 5 rings (SSSR count). The number of hydrogen-bond donors (Lipinski definition) is 0. The Morgan fingerprint density at radius 2 is 1.38 bits per heavy atom. The highest BCUT2D eigenvalue weighted by Gasteiger charge is 2.23. The van der Waals surface area contributed by atoms with Crippen molar-refractivity contribution in [3.8, 4) is 22.5 Å². The summed E-state index contributed by atoms with van der Waals surface area (Å²) in [6, 6.07) is 17.3. The lowest BCUT2D eigenvalue weighted by Crippen LogP contribution is -2.47. The standard InChI is InChI=1S/C26H24Cl2N6/c1-17-15-18(2)31-26(30-17)34-13-11-33(12-14-34)23-16-29-24(19-7-9-20(27)10-8-19)25(32-23)21-5-3-4-6-22(21)28/h3-10,15-16H,11-14H2,1-2H3. The minimum Gasteiger partial charge on any atom is -0.352 e. The number of anilines is 2. The summed E-state index contributed by atoms with van der Waals surface area (Å²) in [6.07, 6.45) is 1.84. The summed E-state index contributed by atoms with van der Waals surface area (Å²) in [4.78, 5) is 23.6. The number of nitrogens with zero attached hydrogens (tertiary/aromatic N) is 6. The van der Waals surface area contributed by atoms with Gasteiger partial charge in [-0.3, -0.25) is 4.98 Å². The van der Waals surface area contributed by atoms with Crippen LogP contribution in [0.1, 0.15) is 11.4 Å². The fraction of sp³-hybridized carbons (Fsp3) is 0.231. The summed E-state index contributed by atoms with van der Waals surface area (Å²) >= 11 is 12.7. The van der Waals surface area contributed by atoms with Gasteiger partial charge < -0.3 is 9.80 Å². The molecule has 6 nitrogen and oxygen atoms in total. The molecule has 0 unspecified atom stereocenters. The molecule has 2 aromatic heterocycles. The lowest BCUT2D eigenvalue weighted by molar-refractivity contribution is 0.632. The van der Waals surface area contributed by atoms with Crippen LogP contribution < -0.4 is 9.80 Å². The third-order valence-corrected chi connectivity index (χ3v) is 6.44. The first-order chi connectivity index (χ1) is 16.5. The molecule has 2 aromatic carbocycles. The quantitative estimate of drug-likeness (QED) is 0.357. The lowest BCUT2D eigenvalue weighted by Gasteiger charge is -2.35. The summed E-state index contributed by atoms with van der Waals surface area (Å²) in [5.74, 6) is 1.62. The molecule has 1 saturated heterocycles. The Bertz CT molecular complexity index is 1300. The van der Waals surface area contributed by atoms with Crippen molar-refractivity contribution in [2.75, 3.05) is 36.0 Å². The Morgan fingerprint density at radius 3 is 2.06 bits per heavy atom. The Hall–Kier alpha value is -3.22. The maximum atomic E-state index is 6.57. The largest absolute Gasteiger partial charge is 0.352 e. The second-order valence-corrected chi connectivity index (χ2v) is 9.18. The Morgan fingerprint density at radius 1 is 0.735 bits per heavy atom. The predicted molar refractivity (Wildman–Crippen MR) is 139 cm³/mol. The first kappa shape index (κ1) is 22.6. The van der Waals surface area contributed by atoms with Crippen molar-refractivity contribution in [3.05, 3.63) is 82.2 Å². The molecule has 3 heterocycles. The molecule has 0 saturated carbocycles. The number of halogens is 2. The molecule has 8 heteroatoms. The van der Waals surface area contributed by atoms with Crippen LogP contribution in [0.2, 0.25) is 10.0 Å². The van der Waals surface area contributed by atoms with Crippen molar-refractivity contribution in [3.63, 3.8) is 0 Å². The van der Waals surface area contributed by atoms with Gasteiger partial charge in [-0.05, 0) is 38.1 Å². The Balaban J connectivity index is 1.45. The Kier molecular flexibility index (Phi) is 6.35. The van der Waals surface area contributed by atoms with Crippen molar-refractivity contribution in [2.24, 2.45) is 0 Å². The van der Waals surface area contributed by atoms with Gasteiger partial charge in [0.2, 0.25) is 5.95 Å². The van der Waals surface area contributed by atoms with Crippen LogP contribution in [0, 0.1) is 13.8 Å². The van der Waals surface area contributed by atoms with Crippen molar-refractivity contribution in [1.29, 1.82) is 0 Å². The number of piperazine rings is 1. The van der Waals surface area contributed by atoms with Crippen LogP contribution in [-0.2, 0) is 0 Å². The predicted octanol–water partition coefficient (Wildman–Crippen LogP) is 5.85. The first-order valence-corrected chi connectivity index (χ1v) is 11.9. The fourth-order valence-corrected chi connectivity index (χ4v) is 4.53. The maximum absolute atomic E-state index is 6.57. The van der Waals surface area contributed by atoms with Crippen molar-refractivity contribution < 1.29 is 0 Å². The molecule has 0 spiro atoms. The number of hydrogen-bond acceptors (Lipinski definition) is 6. The molecule has 34 heavy (non-hydrogen) atoms. The van der Waals surface area contributed by atoms with Gasteiger partial charge >= 0.3 is 0 Å². The minimum atomic E-state index is 0.640. The number of rotatable bonds is 4. The van der Waals surface area contributed by atoms with Gasteiger partial charge in [0.1, 0.15) is 11.5 Å². The molecule has 0 amide bonds. The van der Waals surface area contributed by atoms with Crippen LogP contribution in [0.5, 0.6) is 0 Å². The van der Waals surface area contributed by atoms with E-state index in [9.17, 15) is 0 Å². The van der Waals surface area contributed by atoms with Crippen LogP contribution in [0.25, 0.3) is 22.5 Å². The molecule has 0 aliphatic carbocycles. The van der Waals surface area contributed by atoms with Gasteiger partial charge in [0, 0.05) is 53.7 Å². The summed E-state index contributed by atoms with van der Waals surface area (Å²) in [5.41, 5.74) is 5.29. The van der Waals surface area contributed by atoms with E-state index >= 15 is 0 Å². The summed E-state index contributed by atoms with van der Waals surface area (Å²) in [5, 5.41) is 1.32. The molecule has 0 atom stereocenters. The van der Waals surface area contributed by atoms with Gasteiger partial charge in [0.25, 0.3) is 0 Å². The van der Waals surface area contributed by atoms with Crippen molar-refractivity contribution in [1.82, 2.24) is 19.9 Å². The molecular formula is C26H24Cl2N6. The van der Waals surface area contributed by atoms with E-state index in [-0.39, 0.29) is 0 Å². The molecule has 172 valence electrons. The highest BCUT2D eigenvalue weighted by molar-refractivity contribution is 6.33. The topological polar surface area (TPSA) is 58.0 Å². The molecule has 1 aliphatic rings. The molecule has 0 radical (unpaired) electrons. The highest BCUT2D eigenvalue weighted by atomic mass is 35.5. The molecular weight excluding hydrogens is 467 g/mol. The van der Waals surface area contributed by atoms with E-state index < -0.39 is 0 Å². The monoisotopic (exact) mass is 490 g/mol. The van der Waals surface area contributed by atoms with Gasteiger partial charge in [-0.1, -0.05) is 53.5 Å². The molecule has 0 N–H and O–H groups in total. The maximum Gasteiger partial charge on any atom is 0.225 e. The van der Waals surface area contributed by atoms with Crippen LogP contribution in [0.3, 0.4) is 0 Å². The van der Waals surface area contributed by atoms with Gasteiger partial charge in [0.15, 0.2) is 0 Å². The van der Waals surface area contributed by atoms with Crippen molar-refractivity contribution in [2.45, 2.75) is 13.8 Å². The zero-order valence-electron chi connectivity index (χ0n) is 19.0. The zero-order chi connectivity index (χ0) is 23.7. The first-order valence-electron chi connectivity index (χ1n) is 11.2. The van der Waals surface area contributed by atoms with E-state index in [0.717, 1.165) is 71.8 Å². The number of benzene rings is 2. The molecule has 1 aliphatic heterocycles. The van der Waals surface area contributed by atoms with Gasteiger partial charge in [-0.25, -0.2) is 15.0 Å². The van der Waals surface area contributed by atoms with Gasteiger partial charge in [0.05, 0.1) is 16.9 Å². The number of aromatic nitrogens is 4. The second-order valence-electron chi connectivity index (χ2n) is 8.34. The summed E-state index contributed by atoms with van der Waals surface area (Å²) < 4.78 is 0. The highest BCUT2D eigenvalue weighted by Crippen LogP contribution is 2.35. The number of aryl methyl sites for hydroxylation is 2. The van der Waals surface area contributed by atoms with E-state index in [1.54, 1.807) is 0 Å². The fourth-order valence-electron chi connectivity index (χ4n) is 4.18. The smallest absolute Gasteiger partial charge is 0.225 e. The average molecular weight is 491 g/mol. The SMILES string of the molecule is Cc1cc(C)nc(N2CCN(c3cnc(-c4ccc(Cl)cc4)c(-c4ccccc4Cl)n3)CC2)n1. The van der Waals surface area contributed by atoms with Crippen LogP contribution in [0.4, 0.5) is 11.8 Å². The summed E-state index contributed by atoms with van der Waals surface area (Å²) in [6.45, 7) is 7.22. The van der Waals surface area contributed by atoms with E-state index in [2.05, 4.69) is 19.8 Å². The van der Waals surface area contributed by atoms with Gasteiger partial charge in [-0.15, -0.1) is 0 Å². The van der Waals surface area contributed by atoms with E-state index in [0.29, 0.717) is 10.0 Å². The van der Waals surface area contributed by atoms with E-state index in [4.69, 9.17) is 33.2 Å². The van der Waals surface area contributed by atoms with Gasteiger partial charge in [-0.2, -0.15) is 0 Å². The van der Waals surface area contributed by atoms with Crippen LogP contribution >= 0.6 is 23.2 Å². The average Bonchev–Trinajstić information content (AvgIpc) is 2.84. The van der Waals surface area contributed by atoms with E-state index in [1.165, 1.54) is 0 Å². The molecule has 0 bridgehead atoms. The molecule has 4 aromatic rings. The van der Waals surface area contributed by atoms with Crippen LogP contribution in [0.15, 0.2) is 60.8 Å². The van der Waals surface area contributed by atoms with Crippen molar-refractivity contribution >= 4 is 35.0 Å².